The highest BCUT2D eigenvalue weighted by molar-refractivity contribution is 8.23. The third kappa shape index (κ3) is 4.45. The van der Waals surface area contributed by atoms with Crippen molar-refractivity contribution in [1.82, 2.24) is 4.90 Å². The Labute approximate surface area is 134 Å². The highest BCUT2D eigenvalue weighted by atomic mass is 35.5. The van der Waals surface area contributed by atoms with E-state index in [1.54, 1.807) is 24.3 Å². The predicted molar refractivity (Wildman–Crippen MR) is 89.0 cm³/mol. The van der Waals surface area contributed by atoms with Gasteiger partial charge in [0.25, 0.3) is 0 Å². The highest BCUT2D eigenvalue weighted by Gasteiger charge is 2.19. The van der Waals surface area contributed by atoms with Crippen molar-refractivity contribution < 1.29 is 9.69 Å². The van der Waals surface area contributed by atoms with E-state index in [1.165, 1.54) is 16.7 Å². The molecule has 2 rings (SSSR count). The Morgan fingerprint density at radius 3 is 2.55 bits per heavy atom. The van der Waals surface area contributed by atoms with Crippen molar-refractivity contribution in [2.45, 2.75) is 0 Å². The quantitative estimate of drug-likeness (QED) is 0.669. The molecule has 0 amide bonds. The van der Waals surface area contributed by atoms with E-state index in [0.29, 0.717) is 16.3 Å². The summed E-state index contributed by atoms with van der Waals surface area (Å²) in [4.78, 5) is 15.8. The molecule has 1 aromatic carbocycles. The van der Waals surface area contributed by atoms with Gasteiger partial charge in [0.1, 0.15) is 4.32 Å². The average molecular weight is 330 g/mol. The number of quaternary nitrogens is 1. The Hall–Kier alpha value is -0.620. The molecule has 1 heterocycles. The largest absolute Gasteiger partial charge is 0.346 e. The second kappa shape index (κ2) is 7.41. The molecule has 0 atom stereocenters. The molecule has 0 spiro atoms. The first-order valence-electron chi connectivity index (χ1n) is 6.58. The molecule has 0 saturated carbocycles. The molecule has 6 heteroatoms. The average Bonchev–Trinajstić information content (AvgIpc) is 2.46. The number of hydrogen-bond donors (Lipinski definition) is 1. The van der Waals surface area contributed by atoms with E-state index in [9.17, 15) is 4.79 Å². The van der Waals surface area contributed by atoms with E-state index >= 15 is 0 Å². The summed E-state index contributed by atoms with van der Waals surface area (Å²) in [6.07, 6.45) is 0. The molecule has 108 valence electrons. The standard InChI is InChI=1S/C14H17ClN2OS2/c1-16-6-8-17(9-7-16)14(19)20-10-13(18)11-2-4-12(15)5-3-11/h2-5H,6-10H2,1H3/p+1. The minimum Gasteiger partial charge on any atom is -0.346 e. The van der Waals surface area contributed by atoms with E-state index in [1.807, 2.05) is 0 Å². The van der Waals surface area contributed by atoms with Crippen LogP contribution >= 0.6 is 35.6 Å². The molecule has 0 aliphatic carbocycles. The second-order valence-electron chi connectivity index (χ2n) is 4.93. The lowest BCUT2D eigenvalue weighted by molar-refractivity contribution is -0.883. The summed E-state index contributed by atoms with van der Waals surface area (Å²) >= 11 is 12.7. The van der Waals surface area contributed by atoms with Gasteiger partial charge in [-0.05, 0) is 24.3 Å². The van der Waals surface area contributed by atoms with Crippen molar-refractivity contribution in [1.29, 1.82) is 0 Å². The topological polar surface area (TPSA) is 24.8 Å². The van der Waals surface area contributed by atoms with Gasteiger partial charge in [-0.15, -0.1) is 0 Å². The molecule has 0 bridgehead atoms. The lowest BCUT2D eigenvalue weighted by atomic mass is 10.1. The summed E-state index contributed by atoms with van der Waals surface area (Å²) in [6.45, 7) is 4.16. The molecule has 1 N–H and O–H groups in total. The van der Waals surface area contributed by atoms with Crippen molar-refractivity contribution in [2.24, 2.45) is 0 Å². The summed E-state index contributed by atoms with van der Waals surface area (Å²) in [5.74, 6) is 0.480. The van der Waals surface area contributed by atoms with Crippen molar-refractivity contribution in [3.63, 3.8) is 0 Å². The SMILES string of the molecule is C[NH+]1CCN(C(=S)SCC(=O)c2ccc(Cl)cc2)CC1. The lowest BCUT2D eigenvalue weighted by Gasteiger charge is -2.31. The Balaban J connectivity index is 1.81. The fourth-order valence-electron chi connectivity index (χ4n) is 2.01. The van der Waals surface area contributed by atoms with Crippen LogP contribution in [0.3, 0.4) is 0 Å². The van der Waals surface area contributed by atoms with Gasteiger partial charge in [-0.2, -0.15) is 0 Å². The lowest BCUT2D eigenvalue weighted by Crippen LogP contribution is -3.12. The number of ketones is 1. The van der Waals surface area contributed by atoms with E-state index in [0.717, 1.165) is 30.5 Å². The van der Waals surface area contributed by atoms with E-state index in [4.69, 9.17) is 23.8 Å². The number of carbonyl (C=O) groups excluding carboxylic acids is 1. The van der Waals surface area contributed by atoms with Gasteiger partial charge in [0.15, 0.2) is 5.78 Å². The van der Waals surface area contributed by atoms with Gasteiger partial charge in [0.2, 0.25) is 0 Å². The number of thiocarbonyl (C=S) groups is 1. The number of carbonyl (C=O) groups is 1. The molecule has 1 saturated heterocycles. The van der Waals surface area contributed by atoms with Crippen molar-refractivity contribution in [3.05, 3.63) is 34.9 Å². The van der Waals surface area contributed by atoms with Crippen LogP contribution in [0.25, 0.3) is 0 Å². The molecule has 1 aliphatic heterocycles. The third-order valence-corrected chi connectivity index (χ3v) is 5.14. The minimum atomic E-state index is 0.0915. The number of nitrogens with one attached hydrogen (secondary N) is 1. The van der Waals surface area contributed by atoms with Gasteiger partial charge in [-0.25, -0.2) is 0 Å². The molecule has 0 aromatic heterocycles. The molecule has 20 heavy (non-hydrogen) atoms. The fourth-order valence-corrected chi connectivity index (χ4v) is 3.28. The Bertz CT molecular complexity index is 484. The number of hydrogen-bond acceptors (Lipinski definition) is 3. The number of Topliss-reactive ketones (excluding diaryl/α,β-unsaturated/α-hetero) is 1. The molecule has 1 fully saturated rings. The first-order valence-corrected chi connectivity index (χ1v) is 8.35. The summed E-state index contributed by atoms with van der Waals surface area (Å²) in [6, 6.07) is 6.99. The number of rotatable bonds is 3. The van der Waals surface area contributed by atoms with Crippen LogP contribution in [-0.4, -0.2) is 54.0 Å². The number of halogens is 1. The third-order valence-electron chi connectivity index (χ3n) is 3.37. The zero-order valence-corrected chi connectivity index (χ0v) is 13.8. The molecule has 1 aromatic rings. The van der Waals surface area contributed by atoms with E-state index < -0.39 is 0 Å². The van der Waals surface area contributed by atoms with Crippen molar-refractivity contribution >= 4 is 45.7 Å². The van der Waals surface area contributed by atoms with Crippen LogP contribution in [0, 0.1) is 0 Å². The van der Waals surface area contributed by atoms with E-state index in [2.05, 4.69) is 11.9 Å². The number of nitrogens with zero attached hydrogens (tertiary/aromatic N) is 1. The van der Waals surface area contributed by atoms with Crippen LogP contribution in [-0.2, 0) is 0 Å². The first-order chi connectivity index (χ1) is 9.56. The maximum atomic E-state index is 12.0. The number of thioether (sulfide) groups is 1. The summed E-state index contributed by atoms with van der Waals surface area (Å²) in [7, 11) is 2.19. The van der Waals surface area contributed by atoms with Gasteiger partial charge in [-0.1, -0.05) is 35.6 Å². The molecular formula is C14H18ClN2OS2+. The van der Waals surface area contributed by atoms with Crippen LogP contribution in [0.4, 0.5) is 0 Å². The minimum absolute atomic E-state index is 0.0915. The van der Waals surface area contributed by atoms with Gasteiger partial charge < -0.3 is 9.80 Å². The van der Waals surface area contributed by atoms with Gasteiger partial charge >= 0.3 is 0 Å². The number of benzene rings is 1. The van der Waals surface area contributed by atoms with Crippen LogP contribution < -0.4 is 4.90 Å². The zero-order valence-electron chi connectivity index (χ0n) is 11.4. The van der Waals surface area contributed by atoms with Gasteiger partial charge in [-0.3, -0.25) is 4.79 Å². The van der Waals surface area contributed by atoms with E-state index in [-0.39, 0.29) is 5.78 Å². The zero-order chi connectivity index (χ0) is 14.5. The Morgan fingerprint density at radius 2 is 1.95 bits per heavy atom. The molecule has 3 nitrogen and oxygen atoms in total. The number of piperazine rings is 1. The van der Waals surface area contributed by atoms with Gasteiger partial charge in [0.05, 0.1) is 39.0 Å². The van der Waals surface area contributed by atoms with Crippen LogP contribution in [0.1, 0.15) is 10.4 Å². The second-order valence-corrected chi connectivity index (χ2v) is 6.97. The summed E-state index contributed by atoms with van der Waals surface area (Å²) in [5.41, 5.74) is 0.688. The molecular weight excluding hydrogens is 312 g/mol. The van der Waals surface area contributed by atoms with Gasteiger partial charge in [0, 0.05) is 10.6 Å². The maximum Gasteiger partial charge on any atom is 0.173 e. The molecule has 0 unspecified atom stereocenters. The fraction of sp³-hybridized carbons (Fsp3) is 0.429. The monoisotopic (exact) mass is 329 g/mol. The van der Waals surface area contributed by atoms with Crippen LogP contribution in [0.2, 0.25) is 5.02 Å². The normalized spacial score (nSPS) is 16.2. The Morgan fingerprint density at radius 1 is 1.35 bits per heavy atom. The van der Waals surface area contributed by atoms with Crippen LogP contribution in [0.15, 0.2) is 24.3 Å². The molecule has 0 radical (unpaired) electrons. The molecule has 1 aliphatic rings. The van der Waals surface area contributed by atoms with Crippen LogP contribution in [0.5, 0.6) is 0 Å². The maximum absolute atomic E-state index is 12.0. The Kier molecular flexibility index (Phi) is 5.84. The summed E-state index contributed by atoms with van der Waals surface area (Å²) < 4.78 is 0.833. The number of likely N-dealkylation sites (N-methyl/N-ethyl adjacent to an activating group) is 1. The summed E-state index contributed by atoms with van der Waals surface area (Å²) in [5, 5.41) is 0.643. The predicted octanol–water partition coefficient (Wildman–Crippen LogP) is 1.37. The smallest absolute Gasteiger partial charge is 0.173 e. The van der Waals surface area contributed by atoms with Crippen molar-refractivity contribution in [2.75, 3.05) is 39.0 Å². The first kappa shape index (κ1) is 15.8. The highest BCUT2D eigenvalue weighted by Crippen LogP contribution is 2.15. The van der Waals surface area contributed by atoms with Crippen molar-refractivity contribution in [3.8, 4) is 0 Å².